The number of anilines is 1. The molecule has 4 rings (SSSR count). The number of hydrogen-bond acceptors (Lipinski definition) is 6. The number of rotatable bonds is 7. The Hall–Kier alpha value is -2.68. The number of para-hydroxylation sites is 1. The third-order valence-corrected chi connectivity index (χ3v) is 8.16. The normalized spacial score (nSPS) is 14.3. The number of carbonyl (C=O) groups is 2. The second kappa shape index (κ2) is 11.2. The van der Waals surface area contributed by atoms with E-state index in [0.717, 1.165) is 38.0 Å². The van der Waals surface area contributed by atoms with Gasteiger partial charge in [-0.25, -0.2) is 4.98 Å². The van der Waals surface area contributed by atoms with Gasteiger partial charge in [0, 0.05) is 54.3 Å². The van der Waals surface area contributed by atoms with Crippen molar-refractivity contribution in [1.82, 2.24) is 14.8 Å². The highest BCUT2D eigenvalue weighted by Gasteiger charge is 2.25. The number of thioether (sulfide) groups is 1. The minimum atomic E-state index is -0.0167. The van der Waals surface area contributed by atoms with Gasteiger partial charge in [-0.3, -0.25) is 14.5 Å². The number of hydrogen-bond donors (Lipinski definition) is 1. The van der Waals surface area contributed by atoms with Crippen LogP contribution in [0.4, 0.5) is 5.69 Å². The van der Waals surface area contributed by atoms with Gasteiger partial charge in [-0.15, -0.1) is 11.3 Å². The molecule has 8 heteroatoms. The van der Waals surface area contributed by atoms with Gasteiger partial charge in [-0.05, 0) is 43.5 Å². The summed E-state index contributed by atoms with van der Waals surface area (Å²) in [6.07, 6.45) is 0. The number of benzene rings is 2. The van der Waals surface area contributed by atoms with Crippen LogP contribution in [0.5, 0.6) is 0 Å². The van der Waals surface area contributed by atoms with Gasteiger partial charge in [0.1, 0.15) is 4.34 Å². The highest BCUT2D eigenvalue weighted by Crippen LogP contribution is 2.28. The van der Waals surface area contributed by atoms with Crippen molar-refractivity contribution < 1.29 is 9.59 Å². The third kappa shape index (κ3) is 6.05. The molecule has 0 unspecified atom stereocenters. The number of piperazine rings is 1. The fraction of sp³-hybridized carbons (Fsp3) is 0.346. The molecule has 178 valence electrons. The Kier molecular flexibility index (Phi) is 8.03. The summed E-state index contributed by atoms with van der Waals surface area (Å²) >= 11 is 3.30. The molecule has 1 aromatic heterocycles. The van der Waals surface area contributed by atoms with Crippen LogP contribution >= 0.6 is 23.1 Å². The Morgan fingerprint density at radius 3 is 2.38 bits per heavy atom. The average Bonchev–Trinajstić information content (AvgIpc) is 3.25. The second-order valence-electron chi connectivity index (χ2n) is 8.58. The summed E-state index contributed by atoms with van der Waals surface area (Å²) in [5.74, 6) is 0.760. The largest absolute Gasteiger partial charge is 0.336 e. The lowest BCUT2D eigenvalue weighted by atomic mass is 10.1. The Morgan fingerprint density at radius 1 is 1.00 bits per heavy atom. The molecular weight excluding hydrogens is 464 g/mol. The number of amides is 2. The average molecular weight is 495 g/mol. The predicted molar refractivity (Wildman–Crippen MR) is 140 cm³/mol. The van der Waals surface area contributed by atoms with Gasteiger partial charge in [0.25, 0.3) is 5.91 Å². The quantitative estimate of drug-likeness (QED) is 0.480. The highest BCUT2D eigenvalue weighted by atomic mass is 32.2. The lowest BCUT2D eigenvalue weighted by Gasteiger charge is -2.34. The van der Waals surface area contributed by atoms with Gasteiger partial charge in [0.2, 0.25) is 5.91 Å². The molecule has 2 heterocycles. The molecular formula is C26H30N4O2S2. The SMILES string of the molecule is Cc1csc(SCc2ccccc2C(=O)N2CCN(CC(=O)Nc3c(C)cccc3C)CC2)n1. The maximum Gasteiger partial charge on any atom is 0.254 e. The fourth-order valence-electron chi connectivity index (χ4n) is 4.07. The number of carbonyl (C=O) groups excluding carboxylic acids is 2. The molecule has 6 nitrogen and oxygen atoms in total. The van der Waals surface area contributed by atoms with Crippen LogP contribution in [0, 0.1) is 20.8 Å². The molecule has 0 saturated carbocycles. The van der Waals surface area contributed by atoms with E-state index < -0.39 is 0 Å². The monoisotopic (exact) mass is 494 g/mol. The molecule has 3 aromatic rings. The zero-order valence-corrected chi connectivity index (χ0v) is 21.5. The van der Waals surface area contributed by atoms with Crippen LogP contribution in [0.15, 0.2) is 52.2 Å². The standard InChI is InChI=1S/C26H30N4O2S2/c1-18-7-6-8-19(2)24(18)28-23(31)15-29-11-13-30(14-12-29)25(32)22-10-5-4-9-21(22)17-34-26-27-20(3)16-33-26/h4-10,16H,11-15,17H2,1-3H3,(H,28,31). The molecule has 1 fully saturated rings. The van der Waals surface area contributed by atoms with Crippen molar-refractivity contribution in [2.75, 3.05) is 38.0 Å². The highest BCUT2D eigenvalue weighted by molar-refractivity contribution is 8.00. The summed E-state index contributed by atoms with van der Waals surface area (Å²) in [7, 11) is 0. The molecule has 2 aromatic carbocycles. The van der Waals surface area contributed by atoms with Crippen molar-refractivity contribution in [3.8, 4) is 0 Å². The van der Waals surface area contributed by atoms with Crippen molar-refractivity contribution >= 4 is 40.6 Å². The lowest BCUT2D eigenvalue weighted by Crippen LogP contribution is -2.50. The number of nitrogens with zero attached hydrogens (tertiary/aromatic N) is 3. The zero-order chi connectivity index (χ0) is 24.1. The molecule has 0 bridgehead atoms. The van der Waals surface area contributed by atoms with Crippen molar-refractivity contribution in [3.63, 3.8) is 0 Å². The van der Waals surface area contributed by atoms with Gasteiger partial charge in [-0.1, -0.05) is 48.2 Å². The summed E-state index contributed by atoms with van der Waals surface area (Å²) in [6, 6.07) is 13.8. The van der Waals surface area contributed by atoms with Gasteiger partial charge in [-0.2, -0.15) is 0 Å². The number of thiazole rings is 1. The van der Waals surface area contributed by atoms with Crippen LogP contribution in [-0.2, 0) is 10.5 Å². The van der Waals surface area contributed by atoms with E-state index >= 15 is 0 Å². The molecule has 0 spiro atoms. The Morgan fingerprint density at radius 2 is 1.71 bits per heavy atom. The Balaban J connectivity index is 1.31. The zero-order valence-electron chi connectivity index (χ0n) is 19.8. The summed E-state index contributed by atoms with van der Waals surface area (Å²) in [5.41, 5.74) is 5.82. The fourth-order valence-corrected chi connectivity index (χ4v) is 5.92. The van der Waals surface area contributed by atoms with Gasteiger partial charge in [0.15, 0.2) is 0 Å². The van der Waals surface area contributed by atoms with E-state index in [9.17, 15) is 9.59 Å². The van der Waals surface area contributed by atoms with E-state index in [1.165, 1.54) is 0 Å². The first-order valence-electron chi connectivity index (χ1n) is 11.4. The van der Waals surface area contributed by atoms with E-state index in [2.05, 4.69) is 15.2 Å². The molecule has 1 aliphatic heterocycles. The minimum Gasteiger partial charge on any atom is -0.336 e. The maximum absolute atomic E-state index is 13.3. The lowest BCUT2D eigenvalue weighted by molar-refractivity contribution is -0.117. The minimum absolute atomic E-state index is 0.0167. The first kappa shape index (κ1) is 24.4. The van der Waals surface area contributed by atoms with Gasteiger partial charge in [0.05, 0.1) is 6.54 Å². The smallest absolute Gasteiger partial charge is 0.254 e. The van der Waals surface area contributed by atoms with E-state index in [1.807, 2.05) is 73.5 Å². The first-order valence-corrected chi connectivity index (χ1v) is 13.3. The summed E-state index contributed by atoms with van der Waals surface area (Å²) < 4.78 is 1.02. The molecule has 0 radical (unpaired) electrons. The van der Waals surface area contributed by atoms with E-state index in [1.54, 1.807) is 23.1 Å². The summed E-state index contributed by atoms with van der Waals surface area (Å²) in [5, 5.41) is 5.10. The van der Waals surface area contributed by atoms with Crippen LogP contribution in [0.25, 0.3) is 0 Å². The molecule has 1 saturated heterocycles. The Labute approximate surface area is 209 Å². The molecule has 1 N–H and O–H groups in total. The first-order chi connectivity index (χ1) is 16.4. The van der Waals surface area contributed by atoms with Crippen molar-refractivity contribution in [2.24, 2.45) is 0 Å². The molecule has 34 heavy (non-hydrogen) atoms. The van der Waals surface area contributed by atoms with Crippen molar-refractivity contribution in [1.29, 1.82) is 0 Å². The summed E-state index contributed by atoms with van der Waals surface area (Å²) in [6.45, 7) is 8.91. The van der Waals surface area contributed by atoms with Crippen molar-refractivity contribution in [3.05, 3.63) is 75.8 Å². The molecule has 1 aliphatic rings. The predicted octanol–water partition coefficient (Wildman–Crippen LogP) is 4.76. The van der Waals surface area contributed by atoms with Crippen LogP contribution < -0.4 is 5.32 Å². The maximum atomic E-state index is 13.3. The van der Waals surface area contributed by atoms with E-state index in [-0.39, 0.29) is 11.8 Å². The molecule has 2 amide bonds. The number of nitrogens with one attached hydrogen (secondary N) is 1. The number of aromatic nitrogens is 1. The third-order valence-electron chi connectivity index (χ3n) is 5.97. The van der Waals surface area contributed by atoms with Gasteiger partial charge >= 0.3 is 0 Å². The molecule has 0 atom stereocenters. The molecule has 0 aliphatic carbocycles. The van der Waals surface area contributed by atoms with Crippen LogP contribution in [-0.4, -0.2) is 59.3 Å². The van der Waals surface area contributed by atoms with E-state index in [4.69, 9.17) is 0 Å². The Bertz CT molecular complexity index is 1150. The topological polar surface area (TPSA) is 65.5 Å². The van der Waals surface area contributed by atoms with Crippen molar-refractivity contribution in [2.45, 2.75) is 30.9 Å². The van der Waals surface area contributed by atoms with Crippen LogP contribution in [0.2, 0.25) is 0 Å². The van der Waals surface area contributed by atoms with E-state index in [0.29, 0.717) is 38.5 Å². The number of aryl methyl sites for hydroxylation is 3. The van der Waals surface area contributed by atoms with Crippen LogP contribution in [0.1, 0.15) is 32.7 Å². The van der Waals surface area contributed by atoms with Gasteiger partial charge < -0.3 is 10.2 Å². The van der Waals surface area contributed by atoms with Crippen LogP contribution in [0.3, 0.4) is 0 Å². The second-order valence-corrected chi connectivity index (χ2v) is 10.7. The summed E-state index contributed by atoms with van der Waals surface area (Å²) in [4.78, 5) is 34.4.